The SMILES string of the molecule is Cc1ccccc1Oc1ccc(N2C(=S)NC(c3ccccn3)C2c2cccn2-c2cccc([N+](=O)[O-])c2)cc1. The van der Waals surface area contributed by atoms with E-state index >= 15 is 0 Å². The van der Waals surface area contributed by atoms with Crippen molar-refractivity contribution in [2.45, 2.75) is 19.0 Å². The molecule has 1 N–H and O–H groups in total. The van der Waals surface area contributed by atoms with E-state index in [1.165, 1.54) is 6.07 Å². The van der Waals surface area contributed by atoms with E-state index in [0.29, 0.717) is 16.5 Å². The van der Waals surface area contributed by atoms with Gasteiger partial charge in [0.2, 0.25) is 0 Å². The number of nitrogens with one attached hydrogen (secondary N) is 1. The molecule has 0 saturated carbocycles. The van der Waals surface area contributed by atoms with E-state index < -0.39 is 0 Å². The number of nitro benzene ring substituents is 1. The van der Waals surface area contributed by atoms with E-state index in [9.17, 15) is 10.1 Å². The van der Waals surface area contributed by atoms with E-state index in [2.05, 4.69) is 15.2 Å². The Morgan fingerprint density at radius 1 is 0.925 bits per heavy atom. The van der Waals surface area contributed by atoms with Crippen molar-refractivity contribution in [3.8, 4) is 17.2 Å². The number of ether oxygens (including phenoxy) is 1. The Balaban J connectivity index is 1.41. The minimum atomic E-state index is -0.386. The van der Waals surface area contributed by atoms with Crippen LogP contribution in [0, 0.1) is 17.0 Å². The molecule has 1 saturated heterocycles. The molecule has 8 nitrogen and oxygen atoms in total. The molecule has 1 fully saturated rings. The molecule has 1 aliphatic heterocycles. The molecular weight excluding hydrogens is 522 g/mol. The van der Waals surface area contributed by atoms with Crippen molar-refractivity contribution in [3.05, 3.63) is 143 Å². The molecule has 0 amide bonds. The maximum absolute atomic E-state index is 11.5. The minimum Gasteiger partial charge on any atom is -0.457 e. The Labute approximate surface area is 236 Å². The van der Waals surface area contributed by atoms with Crippen LogP contribution in [0.3, 0.4) is 0 Å². The molecule has 6 rings (SSSR count). The first-order valence-electron chi connectivity index (χ1n) is 12.8. The molecule has 0 aliphatic carbocycles. The van der Waals surface area contributed by atoms with E-state index in [-0.39, 0.29) is 22.7 Å². The number of anilines is 1. The molecule has 0 spiro atoms. The van der Waals surface area contributed by atoms with Crippen LogP contribution >= 0.6 is 12.2 Å². The Bertz CT molecular complexity index is 1690. The fourth-order valence-corrected chi connectivity index (χ4v) is 5.38. The highest BCUT2D eigenvalue weighted by atomic mass is 32.1. The molecule has 3 heterocycles. The van der Waals surface area contributed by atoms with Crippen LogP contribution in [0.15, 0.2) is 116 Å². The van der Waals surface area contributed by atoms with Gasteiger partial charge in [-0.05, 0) is 85.4 Å². The summed E-state index contributed by atoms with van der Waals surface area (Å²) >= 11 is 5.88. The molecule has 40 heavy (non-hydrogen) atoms. The van der Waals surface area contributed by atoms with Crippen molar-refractivity contribution >= 4 is 28.7 Å². The molecule has 5 aromatic rings. The monoisotopic (exact) mass is 547 g/mol. The summed E-state index contributed by atoms with van der Waals surface area (Å²) in [4.78, 5) is 17.8. The Hall–Kier alpha value is -5.02. The number of pyridine rings is 1. The summed E-state index contributed by atoms with van der Waals surface area (Å²) < 4.78 is 8.08. The quantitative estimate of drug-likeness (QED) is 0.133. The molecule has 2 atom stereocenters. The fraction of sp³-hybridized carbons (Fsp3) is 0.0968. The van der Waals surface area contributed by atoms with E-state index in [0.717, 1.165) is 28.4 Å². The van der Waals surface area contributed by atoms with Crippen LogP contribution in [0.2, 0.25) is 0 Å². The van der Waals surface area contributed by atoms with Gasteiger partial charge in [-0.1, -0.05) is 30.3 Å². The van der Waals surface area contributed by atoms with Crippen LogP contribution in [0.4, 0.5) is 11.4 Å². The van der Waals surface area contributed by atoms with Gasteiger partial charge in [0.1, 0.15) is 17.5 Å². The third kappa shape index (κ3) is 4.78. The van der Waals surface area contributed by atoms with Crippen LogP contribution in [0.5, 0.6) is 11.5 Å². The average molecular weight is 548 g/mol. The summed E-state index contributed by atoms with van der Waals surface area (Å²) in [5.74, 6) is 1.52. The van der Waals surface area contributed by atoms with E-state index in [4.69, 9.17) is 17.0 Å². The molecule has 0 radical (unpaired) electrons. The van der Waals surface area contributed by atoms with E-state index in [1.54, 1.807) is 18.3 Å². The molecule has 1 aliphatic rings. The lowest BCUT2D eigenvalue weighted by atomic mass is 10.0. The Morgan fingerprint density at radius 3 is 2.48 bits per heavy atom. The van der Waals surface area contributed by atoms with Crippen LogP contribution in [-0.4, -0.2) is 19.6 Å². The lowest BCUT2D eigenvalue weighted by molar-refractivity contribution is -0.384. The first kappa shape index (κ1) is 25.3. The number of hydrogen-bond donors (Lipinski definition) is 1. The van der Waals surface area contributed by atoms with Crippen molar-refractivity contribution in [1.29, 1.82) is 0 Å². The van der Waals surface area contributed by atoms with Crippen LogP contribution in [0.1, 0.15) is 29.0 Å². The molecule has 9 heteroatoms. The standard InChI is InChI=1S/C31H25N5O3S/c1-21-8-2-3-13-28(21)39-25-16-14-22(15-17-25)35-30(29(33-31(35)40)26-11-4-5-18-32-26)27-12-7-19-34(27)23-9-6-10-24(20-23)36(37)38/h2-20,29-30H,1H3,(H,33,40). The number of benzene rings is 3. The molecule has 2 aromatic heterocycles. The van der Waals surface area contributed by atoms with Gasteiger partial charge >= 0.3 is 0 Å². The number of hydrogen-bond acceptors (Lipinski definition) is 5. The van der Waals surface area contributed by atoms with Gasteiger partial charge in [-0.25, -0.2) is 0 Å². The van der Waals surface area contributed by atoms with Gasteiger partial charge in [0.15, 0.2) is 5.11 Å². The zero-order valence-electron chi connectivity index (χ0n) is 21.5. The molecule has 198 valence electrons. The number of rotatable bonds is 7. The number of non-ortho nitro benzene ring substituents is 1. The van der Waals surface area contributed by atoms with Crippen LogP contribution in [0.25, 0.3) is 5.69 Å². The van der Waals surface area contributed by atoms with Crippen LogP contribution < -0.4 is 15.0 Å². The fourth-order valence-electron chi connectivity index (χ4n) is 5.03. The highest BCUT2D eigenvalue weighted by molar-refractivity contribution is 7.80. The van der Waals surface area contributed by atoms with Gasteiger partial charge in [0.25, 0.3) is 5.69 Å². The number of thiocarbonyl (C=S) groups is 1. The smallest absolute Gasteiger partial charge is 0.271 e. The number of nitrogens with zero attached hydrogens (tertiary/aromatic N) is 4. The number of aromatic nitrogens is 2. The predicted octanol–water partition coefficient (Wildman–Crippen LogP) is 7.06. The third-order valence-corrected chi connectivity index (χ3v) is 7.25. The van der Waals surface area contributed by atoms with Gasteiger partial charge in [-0.2, -0.15) is 0 Å². The predicted molar refractivity (Wildman–Crippen MR) is 158 cm³/mol. The molecule has 3 aromatic carbocycles. The Morgan fingerprint density at radius 2 is 1.73 bits per heavy atom. The second-order valence-corrected chi connectivity index (χ2v) is 9.82. The summed E-state index contributed by atoms with van der Waals surface area (Å²) in [5, 5.41) is 15.5. The highest BCUT2D eigenvalue weighted by Crippen LogP contribution is 2.43. The summed E-state index contributed by atoms with van der Waals surface area (Å²) in [7, 11) is 0. The third-order valence-electron chi connectivity index (χ3n) is 6.94. The number of para-hydroxylation sites is 1. The lowest BCUT2D eigenvalue weighted by Gasteiger charge is -2.29. The van der Waals surface area contributed by atoms with Gasteiger partial charge in [-0.3, -0.25) is 15.1 Å². The van der Waals surface area contributed by atoms with Crippen LogP contribution in [-0.2, 0) is 0 Å². The van der Waals surface area contributed by atoms with Gasteiger partial charge in [-0.15, -0.1) is 0 Å². The van der Waals surface area contributed by atoms with Gasteiger partial charge < -0.3 is 19.5 Å². The van der Waals surface area contributed by atoms with Gasteiger partial charge in [0, 0.05) is 35.9 Å². The lowest BCUT2D eigenvalue weighted by Crippen LogP contribution is -2.30. The van der Waals surface area contributed by atoms with Crippen molar-refractivity contribution in [2.75, 3.05) is 4.90 Å². The summed E-state index contributed by atoms with van der Waals surface area (Å²) in [6, 6.07) is 31.5. The van der Waals surface area contributed by atoms with Crippen molar-refractivity contribution in [3.63, 3.8) is 0 Å². The molecule has 2 unspecified atom stereocenters. The van der Waals surface area contributed by atoms with Crippen molar-refractivity contribution in [1.82, 2.24) is 14.9 Å². The highest BCUT2D eigenvalue weighted by Gasteiger charge is 2.42. The zero-order chi connectivity index (χ0) is 27.6. The topological polar surface area (TPSA) is 85.5 Å². The van der Waals surface area contributed by atoms with Gasteiger partial charge in [0.05, 0.1) is 22.3 Å². The normalized spacial score (nSPS) is 16.5. The van der Waals surface area contributed by atoms with Crippen molar-refractivity contribution in [2.24, 2.45) is 0 Å². The number of aryl methyl sites for hydroxylation is 1. The maximum atomic E-state index is 11.5. The minimum absolute atomic E-state index is 0.0274. The maximum Gasteiger partial charge on any atom is 0.271 e. The average Bonchev–Trinajstić information content (AvgIpc) is 3.60. The second kappa shape index (κ2) is 10.6. The number of nitro groups is 1. The summed E-state index contributed by atoms with van der Waals surface area (Å²) in [5.41, 5.74) is 4.39. The summed E-state index contributed by atoms with van der Waals surface area (Å²) in [6.07, 6.45) is 3.67. The Kier molecular flexibility index (Phi) is 6.71. The summed E-state index contributed by atoms with van der Waals surface area (Å²) in [6.45, 7) is 2.01. The first-order valence-corrected chi connectivity index (χ1v) is 13.2. The molecule has 0 bridgehead atoms. The van der Waals surface area contributed by atoms with Crippen molar-refractivity contribution < 1.29 is 9.66 Å². The molecular formula is C31H25N5O3S. The largest absolute Gasteiger partial charge is 0.457 e. The first-order chi connectivity index (χ1) is 19.5. The zero-order valence-corrected chi connectivity index (χ0v) is 22.4. The van der Waals surface area contributed by atoms with E-state index in [1.807, 2.05) is 103 Å². The second-order valence-electron chi connectivity index (χ2n) is 9.44.